The number of hydrogen-bond acceptors (Lipinski definition) is 3. The van der Waals surface area contributed by atoms with Gasteiger partial charge in [0.2, 0.25) is 0 Å². The number of nitrogens with zero attached hydrogens (tertiary/aromatic N) is 3. The number of nitriles is 1. The van der Waals surface area contributed by atoms with Gasteiger partial charge in [0.25, 0.3) is 0 Å². The number of benzene rings is 1. The van der Waals surface area contributed by atoms with E-state index in [1.54, 1.807) is 0 Å². The van der Waals surface area contributed by atoms with Crippen LogP contribution in [0.3, 0.4) is 0 Å². The minimum absolute atomic E-state index is 0.494. The molecule has 4 saturated heterocycles. The van der Waals surface area contributed by atoms with Crippen LogP contribution in [0.5, 0.6) is 0 Å². The zero-order valence-corrected chi connectivity index (χ0v) is 15.1. The van der Waals surface area contributed by atoms with E-state index >= 15 is 0 Å². The van der Waals surface area contributed by atoms with Gasteiger partial charge in [-0.05, 0) is 60.8 Å². The lowest BCUT2D eigenvalue weighted by Crippen LogP contribution is -2.58. The van der Waals surface area contributed by atoms with Crippen molar-refractivity contribution in [3.8, 4) is 6.07 Å². The number of alkyl halides is 2. The lowest BCUT2D eigenvalue weighted by Gasteiger charge is -2.51. The maximum atomic E-state index is 14.4. The Kier molecular flexibility index (Phi) is 3.68. The van der Waals surface area contributed by atoms with Crippen LogP contribution < -0.4 is 0 Å². The summed E-state index contributed by atoms with van der Waals surface area (Å²) in [6, 6.07) is 8.20. The molecule has 2 saturated carbocycles. The van der Waals surface area contributed by atoms with Crippen molar-refractivity contribution >= 4 is 0 Å². The van der Waals surface area contributed by atoms with Crippen LogP contribution in [0.25, 0.3) is 0 Å². The van der Waals surface area contributed by atoms with Crippen LogP contribution in [-0.2, 0) is 13.1 Å². The molecule has 6 aliphatic rings. The molecule has 1 aromatic rings. The van der Waals surface area contributed by atoms with Crippen molar-refractivity contribution in [2.75, 3.05) is 26.2 Å². The molecule has 3 nitrogen and oxygen atoms in total. The standard InChI is InChI=1S/C21H25F2N3/c22-20-4-18(5-20)11-25(13-20)9-16-1-15(8-24)2-17(3-16)10-26-12-19-6-21(23,7-19)14-26/h1-3,18-19H,4-7,9-14H2. The molecule has 1 aromatic carbocycles. The highest BCUT2D eigenvalue weighted by Gasteiger charge is 2.51. The van der Waals surface area contributed by atoms with E-state index in [2.05, 4.69) is 21.9 Å². The third-order valence-corrected chi connectivity index (χ3v) is 6.66. The van der Waals surface area contributed by atoms with Crippen molar-refractivity contribution in [3.63, 3.8) is 0 Å². The van der Waals surface area contributed by atoms with Gasteiger partial charge in [-0.1, -0.05) is 6.07 Å². The Morgan fingerprint density at radius 1 is 0.885 bits per heavy atom. The minimum Gasteiger partial charge on any atom is -0.296 e. The highest BCUT2D eigenvalue weighted by Crippen LogP contribution is 2.47. The van der Waals surface area contributed by atoms with Crippen LogP contribution in [0.4, 0.5) is 8.78 Å². The summed E-state index contributed by atoms with van der Waals surface area (Å²) in [6.45, 7) is 4.31. The summed E-state index contributed by atoms with van der Waals surface area (Å²) in [5.74, 6) is 0.987. The van der Waals surface area contributed by atoms with Crippen molar-refractivity contribution in [2.45, 2.75) is 50.1 Å². The Hall–Kier alpha value is -1.51. The topological polar surface area (TPSA) is 30.3 Å². The van der Waals surface area contributed by atoms with Gasteiger partial charge in [0, 0.05) is 39.3 Å². The van der Waals surface area contributed by atoms with Gasteiger partial charge in [-0.2, -0.15) is 5.26 Å². The van der Waals surface area contributed by atoms with E-state index in [-0.39, 0.29) is 0 Å². The van der Waals surface area contributed by atoms with E-state index in [9.17, 15) is 14.0 Å². The summed E-state index contributed by atoms with van der Waals surface area (Å²) in [5, 5.41) is 9.38. The highest BCUT2D eigenvalue weighted by molar-refractivity contribution is 5.37. The first-order chi connectivity index (χ1) is 12.4. The van der Waals surface area contributed by atoms with Crippen LogP contribution in [-0.4, -0.2) is 47.3 Å². The van der Waals surface area contributed by atoms with E-state index in [0.29, 0.717) is 69.3 Å². The number of fused-ring (bicyclic) bond motifs is 4. The first-order valence-corrected chi connectivity index (χ1v) is 9.76. The normalized spacial score (nSPS) is 39.0. The molecule has 0 radical (unpaired) electrons. The molecule has 0 unspecified atom stereocenters. The molecule has 0 spiro atoms. The Morgan fingerprint density at radius 3 is 1.73 bits per heavy atom. The molecule has 4 heterocycles. The predicted molar refractivity (Wildman–Crippen MR) is 94.8 cm³/mol. The average Bonchev–Trinajstić information content (AvgIpc) is 2.51. The van der Waals surface area contributed by atoms with Gasteiger partial charge in [0.05, 0.1) is 11.6 Å². The van der Waals surface area contributed by atoms with Gasteiger partial charge >= 0.3 is 0 Å². The maximum Gasteiger partial charge on any atom is 0.124 e. The molecule has 0 aromatic heterocycles. The van der Waals surface area contributed by atoms with Gasteiger partial charge in [0.15, 0.2) is 0 Å². The summed E-state index contributed by atoms with van der Waals surface area (Å²) in [7, 11) is 0. The third-order valence-electron chi connectivity index (χ3n) is 6.66. The number of rotatable bonds is 4. The largest absolute Gasteiger partial charge is 0.296 e. The Balaban J connectivity index is 1.29. The summed E-state index contributed by atoms with van der Waals surface area (Å²) >= 11 is 0. The van der Waals surface area contributed by atoms with Crippen LogP contribution in [0, 0.1) is 23.2 Å². The molecular weight excluding hydrogens is 332 g/mol. The maximum absolute atomic E-state index is 14.4. The average molecular weight is 357 g/mol. The fourth-order valence-electron chi connectivity index (χ4n) is 5.89. The minimum atomic E-state index is -0.983. The second kappa shape index (κ2) is 5.74. The first kappa shape index (κ1) is 16.6. The second-order valence-electron chi connectivity index (χ2n) is 9.34. The summed E-state index contributed by atoms with van der Waals surface area (Å²) < 4.78 is 28.7. The van der Waals surface area contributed by atoms with Crippen LogP contribution in [0.15, 0.2) is 18.2 Å². The molecular formula is C21H25F2N3. The molecule has 6 fully saturated rings. The van der Waals surface area contributed by atoms with Crippen molar-refractivity contribution < 1.29 is 8.78 Å². The Labute approximate surface area is 153 Å². The van der Waals surface area contributed by atoms with Crippen LogP contribution in [0.2, 0.25) is 0 Å². The lowest BCUT2D eigenvalue weighted by molar-refractivity contribution is -0.0864. The van der Waals surface area contributed by atoms with E-state index in [4.69, 9.17) is 0 Å². The number of hydrogen-bond donors (Lipinski definition) is 0. The molecule has 0 atom stereocenters. The van der Waals surface area contributed by atoms with E-state index in [1.807, 2.05) is 12.1 Å². The highest BCUT2D eigenvalue weighted by atomic mass is 19.1. The SMILES string of the molecule is N#Cc1cc(CN2CC3CC(F)(C3)C2)cc(CN2CC3CC(F)(C3)C2)c1. The van der Waals surface area contributed by atoms with Crippen molar-refractivity contribution in [3.05, 3.63) is 34.9 Å². The first-order valence-electron chi connectivity index (χ1n) is 9.76. The molecule has 4 aliphatic heterocycles. The molecule has 2 aliphatic carbocycles. The van der Waals surface area contributed by atoms with E-state index in [0.717, 1.165) is 24.2 Å². The molecule has 26 heavy (non-hydrogen) atoms. The van der Waals surface area contributed by atoms with Gasteiger partial charge in [0.1, 0.15) is 11.3 Å². The Bertz CT molecular complexity index is 705. The molecule has 0 N–H and O–H groups in total. The fourth-order valence-corrected chi connectivity index (χ4v) is 5.89. The van der Waals surface area contributed by atoms with Gasteiger partial charge in [-0.15, -0.1) is 0 Å². The number of piperidine rings is 4. The van der Waals surface area contributed by atoms with E-state index < -0.39 is 11.3 Å². The fraction of sp³-hybridized carbons (Fsp3) is 0.667. The van der Waals surface area contributed by atoms with E-state index in [1.165, 1.54) is 0 Å². The molecule has 5 heteroatoms. The zero-order chi connectivity index (χ0) is 17.9. The summed E-state index contributed by atoms with van der Waals surface area (Å²) in [5.41, 5.74) is 0.819. The van der Waals surface area contributed by atoms with Crippen molar-refractivity contribution in [2.24, 2.45) is 11.8 Å². The quantitative estimate of drug-likeness (QED) is 0.827. The summed E-state index contributed by atoms with van der Waals surface area (Å²) in [6.07, 6.45) is 2.87. The number of halogens is 2. The predicted octanol–water partition coefficient (Wildman–Crippen LogP) is 3.43. The second-order valence-corrected chi connectivity index (χ2v) is 9.34. The van der Waals surface area contributed by atoms with Crippen LogP contribution >= 0.6 is 0 Å². The van der Waals surface area contributed by atoms with Gasteiger partial charge < -0.3 is 0 Å². The molecule has 138 valence electrons. The molecule has 0 amide bonds. The molecule has 4 bridgehead atoms. The third kappa shape index (κ3) is 3.04. The van der Waals surface area contributed by atoms with Gasteiger partial charge in [-0.3, -0.25) is 9.80 Å². The lowest BCUT2D eigenvalue weighted by atomic mass is 9.68. The molecule has 7 rings (SSSR count). The monoisotopic (exact) mass is 357 g/mol. The smallest absolute Gasteiger partial charge is 0.124 e. The van der Waals surface area contributed by atoms with Crippen molar-refractivity contribution in [1.29, 1.82) is 5.26 Å². The van der Waals surface area contributed by atoms with Gasteiger partial charge in [-0.25, -0.2) is 8.78 Å². The van der Waals surface area contributed by atoms with Crippen molar-refractivity contribution in [1.82, 2.24) is 9.80 Å². The zero-order valence-electron chi connectivity index (χ0n) is 15.1. The summed E-state index contributed by atoms with van der Waals surface area (Å²) in [4.78, 5) is 4.37. The Morgan fingerprint density at radius 2 is 1.35 bits per heavy atom. The van der Waals surface area contributed by atoms with Crippen LogP contribution in [0.1, 0.15) is 42.4 Å².